The fourth-order valence-corrected chi connectivity index (χ4v) is 1.60. The number of nitrogens with zero attached hydrogens (tertiary/aromatic N) is 1. The number of alkyl halides is 1. The minimum Gasteiger partial charge on any atom is -0.491 e. The van der Waals surface area contributed by atoms with E-state index >= 15 is 0 Å². The first kappa shape index (κ1) is 14.7. The van der Waals surface area contributed by atoms with Crippen LogP contribution in [0.1, 0.15) is 13.3 Å². The number of nitro groups is 1. The zero-order chi connectivity index (χ0) is 13.5. The van der Waals surface area contributed by atoms with Crippen LogP contribution in [0.5, 0.6) is 5.75 Å². The number of nitrogens with one attached hydrogen (secondary N) is 1. The van der Waals surface area contributed by atoms with Gasteiger partial charge in [-0.2, -0.15) is 4.39 Å². The van der Waals surface area contributed by atoms with Gasteiger partial charge in [0.2, 0.25) is 5.82 Å². The molecule has 1 aromatic rings. The van der Waals surface area contributed by atoms with E-state index in [1.807, 2.05) is 6.92 Å². The number of hydrogen-bond acceptors (Lipinski definition) is 4. The van der Waals surface area contributed by atoms with Gasteiger partial charge in [0, 0.05) is 17.9 Å². The monoisotopic (exact) mass is 320 g/mol. The maximum atomic E-state index is 13.4. The molecular formula is C11H14BrFN2O3. The van der Waals surface area contributed by atoms with Crippen molar-refractivity contribution in [1.29, 1.82) is 0 Å². The van der Waals surface area contributed by atoms with Crippen LogP contribution < -0.4 is 10.1 Å². The summed E-state index contributed by atoms with van der Waals surface area (Å²) in [5.41, 5.74) is -0.152. The molecule has 0 atom stereocenters. The predicted molar refractivity (Wildman–Crippen MR) is 71.1 cm³/mol. The second-order valence-corrected chi connectivity index (χ2v) is 4.27. The highest BCUT2D eigenvalue weighted by Crippen LogP contribution is 2.32. The van der Waals surface area contributed by atoms with Gasteiger partial charge in [-0.1, -0.05) is 15.9 Å². The van der Waals surface area contributed by atoms with Crippen molar-refractivity contribution in [3.8, 4) is 5.75 Å². The van der Waals surface area contributed by atoms with Gasteiger partial charge in [-0.25, -0.2) is 0 Å². The molecule has 0 saturated carbocycles. The second-order valence-electron chi connectivity index (χ2n) is 3.48. The Hall–Kier alpha value is -1.37. The summed E-state index contributed by atoms with van der Waals surface area (Å²) in [7, 11) is 0. The van der Waals surface area contributed by atoms with Gasteiger partial charge in [-0.3, -0.25) is 10.1 Å². The van der Waals surface area contributed by atoms with Crippen LogP contribution in [0, 0.1) is 15.9 Å². The summed E-state index contributed by atoms with van der Waals surface area (Å²) in [4.78, 5) is 9.89. The summed E-state index contributed by atoms with van der Waals surface area (Å²) in [6, 6.07) is 2.20. The molecule has 1 N–H and O–H groups in total. The van der Waals surface area contributed by atoms with Crippen molar-refractivity contribution in [2.75, 3.05) is 23.8 Å². The average Bonchev–Trinajstić information content (AvgIpc) is 2.32. The molecule has 0 bridgehead atoms. The molecule has 1 rings (SSSR count). The van der Waals surface area contributed by atoms with Gasteiger partial charge >= 0.3 is 5.69 Å². The Labute approximate surface area is 113 Å². The van der Waals surface area contributed by atoms with Crippen LogP contribution in [-0.4, -0.2) is 23.4 Å². The predicted octanol–water partition coefficient (Wildman–Crippen LogP) is 3.33. The lowest BCUT2D eigenvalue weighted by Crippen LogP contribution is -2.05. The van der Waals surface area contributed by atoms with Gasteiger partial charge in [-0.05, 0) is 13.3 Å². The average molecular weight is 321 g/mol. The summed E-state index contributed by atoms with van der Waals surface area (Å²) in [5.74, 6) is -0.574. The van der Waals surface area contributed by atoms with Crippen LogP contribution in [0.4, 0.5) is 15.8 Å². The minimum absolute atomic E-state index is 0.297. The van der Waals surface area contributed by atoms with E-state index in [2.05, 4.69) is 21.2 Å². The topological polar surface area (TPSA) is 64.4 Å². The van der Waals surface area contributed by atoms with Crippen molar-refractivity contribution >= 4 is 27.3 Å². The molecular weight excluding hydrogens is 307 g/mol. The first-order chi connectivity index (χ1) is 8.60. The highest BCUT2D eigenvalue weighted by atomic mass is 79.9. The van der Waals surface area contributed by atoms with Crippen LogP contribution in [-0.2, 0) is 0 Å². The van der Waals surface area contributed by atoms with E-state index in [1.165, 1.54) is 0 Å². The van der Waals surface area contributed by atoms with E-state index in [9.17, 15) is 14.5 Å². The Morgan fingerprint density at radius 2 is 2.28 bits per heavy atom. The number of anilines is 1. The molecule has 0 fully saturated rings. The van der Waals surface area contributed by atoms with E-state index in [4.69, 9.17) is 4.74 Å². The van der Waals surface area contributed by atoms with Crippen molar-refractivity contribution in [3.05, 3.63) is 28.1 Å². The highest BCUT2D eigenvalue weighted by Gasteiger charge is 2.18. The third kappa shape index (κ3) is 3.83. The molecule has 7 heteroatoms. The fraction of sp³-hybridized carbons (Fsp3) is 0.455. The maximum Gasteiger partial charge on any atom is 0.308 e. The Bertz CT molecular complexity index is 429. The number of halogens is 2. The zero-order valence-corrected chi connectivity index (χ0v) is 11.5. The third-order valence-corrected chi connectivity index (χ3v) is 2.71. The fourth-order valence-electron chi connectivity index (χ4n) is 1.37. The molecule has 1 aromatic carbocycles. The molecule has 5 nitrogen and oxygen atoms in total. The lowest BCUT2D eigenvalue weighted by atomic mass is 10.2. The molecule has 0 unspecified atom stereocenters. The van der Waals surface area contributed by atoms with E-state index in [0.717, 1.165) is 23.9 Å². The normalized spacial score (nSPS) is 10.2. The lowest BCUT2D eigenvalue weighted by Gasteiger charge is -2.12. The molecule has 0 amide bonds. The first-order valence-electron chi connectivity index (χ1n) is 5.50. The van der Waals surface area contributed by atoms with Gasteiger partial charge < -0.3 is 10.1 Å². The lowest BCUT2D eigenvalue weighted by molar-refractivity contribution is -0.387. The molecule has 100 valence electrons. The van der Waals surface area contributed by atoms with Crippen molar-refractivity contribution in [2.24, 2.45) is 0 Å². The van der Waals surface area contributed by atoms with Crippen LogP contribution >= 0.6 is 15.9 Å². The maximum absolute atomic E-state index is 13.4. The second kappa shape index (κ2) is 7.15. The Balaban J connectivity index is 3.01. The molecule has 0 spiro atoms. The van der Waals surface area contributed by atoms with Gasteiger partial charge in [0.1, 0.15) is 5.75 Å². The Morgan fingerprint density at radius 3 is 2.83 bits per heavy atom. The van der Waals surface area contributed by atoms with Crippen LogP contribution in [0.15, 0.2) is 12.1 Å². The van der Waals surface area contributed by atoms with Gasteiger partial charge in [0.15, 0.2) is 0 Å². The minimum atomic E-state index is -0.871. The van der Waals surface area contributed by atoms with Gasteiger partial charge in [0.25, 0.3) is 0 Å². The number of ether oxygens (including phenoxy) is 1. The molecule has 0 aliphatic rings. The summed E-state index contributed by atoms with van der Waals surface area (Å²) in [5, 5.41) is 14.3. The molecule has 0 radical (unpaired) electrons. The van der Waals surface area contributed by atoms with E-state index < -0.39 is 16.4 Å². The SMILES string of the molecule is CCNc1cc(F)c([N+](=O)[O-])cc1OCCCBr. The number of nitro benzene ring substituents is 1. The molecule has 0 heterocycles. The quantitative estimate of drug-likeness (QED) is 0.362. The van der Waals surface area contributed by atoms with Gasteiger partial charge in [0.05, 0.1) is 23.3 Å². The molecule has 0 aliphatic carbocycles. The van der Waals surface area contributed by atoms with E-state index in [0.29, 0.717) is 24.6 Å². The molecule has 18 heavy (non-hydrogen) atoms. The number of rotatable bonds is 7. The van der Waals surface area contributed by atoms with Crippen LogP contribution in [0.3, 0.4) is 0 Å². The Morgan fingerprint density at radius 1 is 1.56 bits per heavy atom. The van der Waals surface area contributed by atoms with E-state index in [-0.39, 0.29) is 0 Å². The summed E-state index contributed by atoms with van der Waals surface area (Å²) in [6.45, 7) is 2.83. The molecule has 0 aromatic heterocycles. The highest BCUT2D eigenvalue weighted by molar-refractivity contribution is 9.09. The van der Waals surface area contributed by atoms with Crippen molar-refractivity contribution in [3.63, 3.8) is 0 Å². The zero-order valence-electron chi connectivity index (χ0n) is 9.91. The Kier molecular flexibility index (Phi) is 5.84. The van der Waals surface area contributed by atoms with E-state index in [1.54, 1.807) is 0 Å². The standard InChI is InChI=1S/C11H14BrFN2O3/c1-2-14-9-6-8(13)10(15(16)17)7-11(9)18-5-3-4-12/h6-7,14H,2-5H2,1H3. The van der Waals surface area contributed by atoms with Crippen LogP contribution in [0.2, 0.25) is 0 Å². The summed E-state index contributed by atoms with van der Waals surface area (Å²) in [6.07, 6.45) is 0.761. The molecule has 0 aliphatic heterocycles. The van der Waals surface area contributed by atoms with Crippen LogP contribution in [0.25, 0.3) is 0 Å². The summed E-state index contributed by atoms with van der Waals surface area (Å²) < 4.78 is 18.9. The smallest absolute Gasteiger partial charge is 0.308 e. The first-order valence-corrected chi connectivity index (χ1v) is 6.62. The largest absolute Gasteiger partial charge is 0.491 e. The number of hydrogen-bond donors (Lipinski definition) is 1. The van der Waals surface area contributed by atoms with Crippen molar-refractivity contribution in [1.82, 2.24) is 0 Å². The van der Waals surface area contributed by atoms with Gasteiger partial charge in [-0.15, -0.1) is 0 Å². The number of benzene rings is 1. The van der Waals surface area contributed by atoms with Crippen molar-refractivity contribution in [2.45, 2.75) is 13.3 Å². The third-order valence-electron chi connectivity index (χ3n) is 2.15. The molecule has 0 saturated heterocycles. The summed E-state index contributed by atoms with van der Waals surface area (Å²) >= 11 is 3.26. The van der Waals surface area contributed by atoms with Crippen molar-refractivity contribution < 1.29 is 14.1 Å².